The highest BCUT2D eigenvalue weighted by Gasteiger charge is 2.12. The molecule has 2 unspecified atom stereocenters. The zero-order chi connectivity index (χ0) is 19.6. The fourth-order valence-corrected chi connectivity index (χ4v) is 2.84. The van der Waals surface area contributed by atoms with Gasteiger partial charge in [0.1, 0.15) is 17.6 Å². The van der Waals surface area contributed by atoms with Gasteiger partial charge in [-0.15, -0.1) is 0 Å². The molecule has 0 aliphatic carbocycles. The van der Waals surface area contributed by atoms with E-state index in [1.165, 1.54) is 5.56 Å². The molecule has 27 heavy (non-hydrogen) atoms. The van der Waals surface area contributed by atoms with E-state index in [9.17, 15) is 0 Å². The Morgan fingerprint density at radius 2 is 1.74 bits per heavy atom. The van der Waals surface area contributed by atoms with E-state index in [1.54, 1.807) is 0 Å². The maximum atomic E-state index is 6.22. The van der Waals surface area contributed by atoms with Crippen LogP contribution in [0.2, 0.25) is 0 Å². The summed E-state index contributed by atoms with van der Waals surface area (Å²) >= 11 is 0. The standard InChI is InChI=1S/C24H35NO2/c1-6-19(4)23-12-7-8-13-24(23)27-20(5)17-25-21-10-9-11-22(16-21)26-15-14-18(2)3/h7-13,16,18-20,25H,6,14-15,17H2,1-5H3. The van der Waals surface area contributed by atoms with Crippen molar-refractivity contribution in [3.63, 3.8) is 0 Å². The van der Waals surface area contributed by atoms with E-state index < -0.39 is 0 Å². The summed E-state index contributed by atoms with van der Waals surface area (Å²) in [4.78, 5) is 0. The Labute approximate surface area is 165 Å². The summed E-state index contributed by atoms with van der Waals surface area (Å²) in [5, 5.41) is 3.46. The smallest absolute Gasteiger partial charge is 0.123 e. The van der Waals surface area contributed by atoms with Crippen LogP contribution in [0.3, 0.4) is 0 Å². The van der Waals surface area contributed by atoms with Crippen molar-refractivity contribution in [1.82, 2.24) is 0 Å². The lowest BCUT2D eigenvalue weighted by Crippen LogP contribution is -2.23. The molecular formula is C24H35NO2. The van der Waals surface area contributed by atoms with Crippen molar-refractivity contribution in [3.8, 4) is 11.5 Å². The van der Waals surface area contributed by atoms with Gasteiger partial charge in [0, 0.05) is 11.8 Å². The van der Waals surface area contributed by atoms with Gasteiger partial charge in [0.25, 0.3) is 0 Å². The lowest BCUT2D eigenvalue weighted by molar-refractivity contribution is 0.231. The highest BCUT2D eigenvalue weighted by Crippen LogP contribution is 2.29. The van der Waals surface area contributed by atoms with Gasteiger partial charge >= 0.3 is 0 Å². The highest BCUT2D eigenvalue weighted by atomic mass is 16.5. The zero-order valence-corrected chi connectivity index (χ0v) is 17.5. The highest BCUT2D eigenvalue weighted by molar-refractivity contribution is 5.48. The lowest BCUT2D eigenvalue weighted by Gasteiger charge is -2.21. The number of rotatable bonds is 11. The molecule has 2 atom stereocenters. The lowest BCUT2D eigenvalue weighted by atomic mass is 9.98. The van der Waals surface area contributed by atoms with E-state index in [1.807, 2.05) is 18.2 Å². The average molecular weight is 370 g/mol. The van der Waals surface area contributed by atoms with E-state index in [-0.39, 0.29) is 6.10 Å². The van der Waals surface area contributed by atoms with Crippen LogP contribution in [0.1, 0.15) is 58.9 Å². The molecule has 1 N–H and O–H groups in total. The molecular weight excluding hydrogens is 334 g/mol. The Morgan fingerprint density at radius 1 is 0.963 bits per heavy atom. The fraction of sp³-hybridized carbons (Fsp3) is 0.500. The molecule has 0 fully saturated rings. The number of hydrogen-bond donors (Lipinski definition) is 1. The SMILES string of the molecule is CCC(C)c1ccccc1OC(C)CNc1cccc(OCCC(C)C)c1. The first kappa shape index (κ1) is 21.1. The van der Waals surface area contributed by atoms with Crippen LogP contribution in [0.25, 0.3) is 0 Å². The van der Waals surface area contributed by atoms with Gasteiger partial charge in [-0.05, 0) is 55.4 Å². The van der Waals surface area contributed by atoms with E-state index in [2.05, 4.69) is 70.3 Å². The molecule has 0 bridgehead atoms. The Hall–Kier alpha value is -2.16. The molecule has 0 saturated heterocycles. The van der Waals surface area contributed by atoms with Crippen LogP contribution in [0, 0.1) is 5.92 Å². The monoisotopic (exact) mass is 369 g/mol. The summed E-state index contributed by atoms with van der Waals surface area (Å²) in [6.45, 7) is 12.5. The van der Waals surface area contributed by atoms with Crippen molar-refractivity contribution in [3.05, 3.63) is 54.1 Å². The summed E-state index contributed by atoms with van der Waals surface area (Å²) in [5.74, 6) is 3.06. The molecule has 0 spiro atoms. The van der Waals surface area contributed by atoms with Crippen LogP contribution in [0.5, 0.6) is 11.5 Å². The second kappa shape index (κ2) is 10.9. The molecule has 3 heteroatoms. The van der Waals surface area contributed by atoms with Crippen molar-refractivity contribution in [2.24, 2.45) is 5.92 Å². The van der Waals surface area contributed by atoms with Gasteiger partial charge in [-0.3, -0.25) is 0 Å². The molecule has 0 aromatic heterocycles. The first-order valence-electron chi connectivity index (χ1n) is 10.2. The zero-order valence-electron chi connectivity index (χ0n) is 17.5. The maximum Gasteiger partial charge on any atom is 0.123 e. The van der Waals surface area contributed by atoms with E-state index >= 15 is 0 Å². The molecule has 2 aromatic carbocycles. The summed E-state index contributed by atoms with van der Waals surface area (Å²) in [5.41, 5.74) is 2.34. The van der Waals surface area contributed by atoms with Gasteiger partial charge in [-0.2, -0.15) is 0 Å². The average Bonchev–Trinajstić information content (AvgIpc) is 2.66. The molecule has 0 saturated carbocycles. The van der Waals surface area contributed by atoms with Crippen LogP contribution in [-0.4, -0.2) is 19.3 Å². The van der Waals surface area contributed by atoms with Crippen molar-refractivity contribution in [2.45, 2.75) is 59.5 Å². The number of hydrogen-bond acceptors (Lipinski definition) is 3. The van der Waals surface area contributed by atoms with Crippen molar-refractivity contribution < 1.29 is 9.47 Å². The molecule has 0 radical (unpaired) electrons. The minimum Gasteiger partial charge on any atom is -0.494 e. The van der Waals surface area contributed by atoms with Gasteiger partial charge < -0.3 is 14.8 Å². The second-order valence-corrected chi connectivity index (χ2v) is 7.72. The summed E-state index contributed by atoms with van der Waals surface area (Å²) in [6.07, 6.45) is 2.25. The molecule has 0 aliphatic rings. The van der Waals surface area contributed by atoms with Crippen molar-refractivity contribution in [2.75, 3.05) is 18.5 Å². The van der Waals surface area contributed by atoms with E-state index in [4.69, 9.17) is 9.47 Å². The molecule has 2 aromatic rings. The van der Waals surface area contributed by atoms with Crippen molar-refractivity contribution >= 4 is 5.69 Å². The van der Waals surface area contributed by atoms with Gasteiger partial charge in [-0.1, -0.05) is 52.0 Å². The number of benzene rings is 2. The third-order valence-corrected chi connectivity index (χ3v) is 4.78. The van der Waals surface area contributed by atoms with Crippen LogP contribution in [0.15, 0.2) is 48.5 Å². The van der Waals surface area contributed by atoms with Crippen LogP contribution < -0.4 is 14.8 Å². The van der Waals surface area contributed by atoms with Crippen LogP contribution >= 0.6 is 0 Å². The summed E-state index contributed by atoms with van der Waals surface area (Å²) in [6, 6.07) is 16.5. The second-order valence-electron chi connectivity index (χ2n) is 7.72. The van der Waals surface area contributed by atoms with E-state index in [0.717, 1.165) is 43.2 Å². The quantitative estimate of drug-likeness (QED) is 0.490. The number of ether oxygens (including phenoxy) is 2. The first-order valence-corrected chi connectivity index (χ1v) is 10.2. The fourth-order valence-electron chi connectivity index (χ4n) is 2.84. The molecule has 148 valence electrons. The molecule has 3 nitrogen and oxygen atoms in total. The van der Waals surface area contributed by atoms with Gasteiger partial charge in [0.05, 0.1) is 13.2 Å². The van der Waals surface area contributed by atoms with Gasteiger partial charge in [-0.25, -0.2) is 0 Å². The number of para-hydroxylation sites is 1. The molecule has 0 heterocycles. The normalized spacial score (nSPS) is 13.3. The predicted octanol–water partition coefficient (Wildman–Crippen LogP) is 6.50. The minimum absolute atomic E-state index is 0.0701. The largest absolute Gasteiger partial charge is 0.494 e. The summed E-state index contributed by atoms with van der Waals surface area (Å²) < 4.78 is 12.1. The summed E-state index contributed by atoms with van der Waals surface area (Å²) in [7, 11) is 0. The number of nitrogens with one attached hydrogen (secondary N) is 1. The van der Waals surface area contributed by atoms with Crippen molar-refractivity contribution in [1.29, 1.82) is 0 Å². The van der Waals surface area contributed by atoms with Crippen LogP contribution in [-0.2, 0) is 0 Å². The molecule has 0 aliphatic heterocycles. The Bertz CT molecular complexity index is 684. The van der Waals surface area contributed by atoms with Gasteiger partial charge in [0.2, 0.25) is 0 Å². The molecule has 0 amide bonds. The third-order valence-electron chi connectivity index (χ3n) is 4.78. The Kier molecular flexibility index (Phi) is 8.50. The predicted molar refractivity (Wildman–Crippen MR) is 115 cm³/mol. The first-order chi connectivity index (χ1) is 13.0. The maximum absolute atomic E-state index is 6.22. The minimum atomic E-state index is 0.0701. The number of anilines is 1. The van der Waals surface area contributed by atoms with Gasteiger partial charge in [0.15, 0.2) is 0 Å². The third kappa shape index (κ3) is 7.16. The van der Waals surface area contributed by atoms with Crippen LogP contribution in [0.4, 0.5) is 5.69 Å². The van der Waals surface area contributed by atoms with E-state index in [0.29, 0.717) is 11.8 Å². The Balaban J connectivity index is 1.88. The topological polar surface area (TPSA) is 30.5 Å². The molecule has 2 rings (SSSR count). The Morgan fingerprint density at radius 3 is 2.48 bits per heavy atom.